The Morgan fingerprint density at radius 3 is 2.43 bits per heavy atom. The summed E-state index contributed by atoms with van der Waals surface area (Å²) < 4.78 is 5.50. The Labute approximate surface area is 142 Å². The van der Waals surface area contributed by atoms with Crippen molar-refractivity contribution in [1.29, 1.82) is 0 Å². The van der Waals surface area contributed by atoms with Crippen LogP contribution in [0.3, 0.4) is 0 Å². The van der Waals surface area contributed by atoms with Crippen LogP contribution < -0.4 is 6.15 Å². The molecule has 134 valence electrons. The van der Waals surface area contributed by atoms with Gasteiger partial charge in [0.2, 0.25) is 5.78 Å². The SMILES string of the molecule is C=C1CC=C[C@H]1COCC=CC(CC)C(=O)C=O.CC.CC.N. The van der Waals surface area contributed by atoms with E-state index >= 15 is 0 Å². The minimum absolute atomic E-state index is 0. The molecule has 0 spiro atoms. The first-order valence-electron chi connectivity index (χ1n) is 8.26. The number of hydrogen-bond acceptors (Lipinski definition) is 4. The quantitative estimate of drug-likeness (QED) is 0.303. The Kier molecular flexibility index (Phi) is 21.3. The molecule has 0 aromatic carbocycles. The molecule has 1 aliphatic rings. The Bertz CT molecular complexity index is 373. The molecule has 23 heavy (non-hydrogen) atoms. The van der Waals surface area contributed by atoms with Crippen LogP contribution in [0.5, 0.6) is 0 Å². The molecule has 0 saturated carbocycles. The van der Waals surface area contributed by atoms with E-state index in [1.807, 2.05) is 34.6 Å². The van der Waals surface area contributed by atoms with Gasteiger partial charge in [0.1, 0.15) is 0 Å². The zero-order valence-electron chi connectivity index (χ0n) is 15.5. The molecular formula is C19H35NO3. The monoisotopic (exact) mass is 325 g/mol. The van der Waals surface area contributed by atoms with Crippen LogP contribution in [0.4, 0.5) is 0 Å². The van der Waals surface area contributed by atoms with Gasteiger partial charge in [-0.2, -0.15) is 0 Å². The molecule has 4 heteroatoms. The number of ether oxygens (including phenoxy) is 1. The molecule has 0 aromatic heterocycles. The Hall–Kier alpha value is -1.52. The fraction of sp³-hybridized carbons (Fsp3) is 0.579. The second-order valence-electron chi connectivity index (χ2n) is 4.40. The number of aldehydes is 1. The molecule has 2 atom stereocenters. The van der Waals surface area contributed by atoms with E-state index in [-0.39, 0.29) is 17.9 Å². The van der Waals surface area contributed by atoms with Crippen molar-refractivity contribution in [3.8, 4) is 0 Å². The maximum absolute atomic E-state index is 11.2. The minimum Gasteiger partial charge on any atom is -0.376 e. The summed E-state index contributed by atoms with van der Waals surface area (Å²) >= 11 is 0. The standard InChI is InChI=1S/C15H20O3.2C2H6.H3N/c1-3-13(15(17)10-16)8-5-9-18-11-14-7-4-6-12(14)2;2*1-2;/h4-5,7-8,10,13-14H,2-3,6,9,11H2,1H3;2*1-2H3;1H3/t13?,14-;;;/m0.../s1. The van der Waals surface area contributed by atoms with Crippen LogP contribution in [-0.4, -0.2) is 25.3 Å². The van der Waals surface area contributed by atoms with Crippen molar-refractivity contribution in [2.75, 3.05) is 13.2 Å². The zero-order valence-corrected chi connectivity index (χ0v) is 15.5. The van der Waals surface area contributed by atoms with E-state index in [1.165, 1.54) is 5.57 Å². The average molecular weight is 325 g/mol. The van der Waals surface area contributed by atoms with Crippen LogP contribution in [0, 0.1) is 11.8 Å². The summed E-state index contributed by atoms with van der Waals surface area (Å²) in [6.07, 6.45) is 9.71. The van der Waals surface area contributed by atoms with Gasteiger partial charge in [0.05, 0.1) is 13.2 Å². The molecule has 0 aromatic rings. The summed E-state index contributed by atoms with van der Waals surface area (Å²) in [4.78, 5) is 21.6. The van der Waals surface area contributed by atoms with Gasteiger partial charge in [-0.3, -0.25) is 9.59 Å². The third-order valence-corrected chi connectivity index (χ3v) is 3.07. The fourth-order valence-electron chi connectivity index (χ4n) is 1.85. The van der Waals surface area contributed by atoms with Crippen molar-refractivity contribution >= 4 is 12.1 Å². The van der Waals surface area contributed by atoms with E-state index < -0.39 is 0 Å². The van der Waals surface area contributed by atoms with Crippen molar-refractivity contribution in [1.82, 2.24) is 6.15 Å². The number of hydrogen-bond donors (Lipinski definition) is 1. The lowest BCUT2D eigenvalue weighted by Crippen LogP contribution is -2.12. The van der Waals surface area contributed by atoms with Crippen LogP contribution in [0.15, 0.2) is 36.5 Å². The minimum atomic E-state index is -0.374. The maximum atomic E-state index is 11.2. The third kappa shape index (κ3) is 11.7. The molecule has 0 amide bonds. The highest BCUT2D eigenvalue weighted by Gasteiger charge is 2.13. The summed E-state index contributed by atoms with van der Waals surface area (Å²) in [7, 11) is 0. The van der Waals surface area contributed by atoms with Crippen LogP contribution in [0.1, 0.15) is 47.5 Å². The highest BCUT2D eigenvalue weighted by molar-refractivity contribution is 6.26. The van der Waals surface area contributed by atoms with Gasteiger partial charge in [0.15, 0.2) is 6.29 Å². The topological polar surface area (TPSA) is 78.4 Å². The molecule has 0 aliphatic heterocycles. The number of carbonyl (C=O) groups excluding carboxylic acids is 2. The number of Topliss-reactive ketones (excluding diaryl/α,β-unsaturated/α-hetero) is 1. The van der Waals surface area contributed by atoms with Gasteiger partial charge < -0.3 is 10.9 Å². The molecule has 1 rings (SSSR count). The summed E-state index contributed by atoms with van der Waals surface area (Å²) in [5, 5.41) is 0. The highest BCUT2D eigenvalue weighted by atomic mass is 16.5. The summed E-state index contributed by atoms with van der Waals surface area (Å²) in [6, 6.07) is 0. The van der Waals surface area contributed by atoms with Crippen molar-refractivity contribution in [3.05, 3.63) is 36.5 Å². The van der Waals surface area contributed by atoms with Crippen LogP contribution >= 0.6 is 0 Å². The predicted molar refractivity (Wildman–Crippen MR) is 98.9 cm³/mol. The van der Waals surface area contributed by atoms with E-state index in [0.29, 0.717) is 31.8 Å². The lowest BCUT2D eigenvalue weighted by molar-refractivity contribution is -0.131. The summed E-state index contributed by atoms with van der Waals surface area (Å²) in [6.45, 7) is 14.9. The molecule has 1 aliphatic carbocycles. The molecule has 3 N–H and O–H groups in total. The average Bonchev–Trinajstić information content (AvgIpc) is 2.99. The zero-order chi connectivity index (χ0) is 17.4. The van der Waals surface area contributed by atoms with E-state index in [4.69, 9.17) is 4.74 Å². The lowest BCUT2D eigenvalue weighted by atomic mass is 10.0. The van der Waals surface area contributed by atoms with Gasteiger partial charge in [-0.15, -0.1) is 0 Å². The molecule has 4 nitrogen and oxygen atoms in total. The van der Waals surface area contributed by atoms with Gasteiger partial charge in [0.25, 0.3) is 0 Å². The lowest BCUT2D eigenvalue weighted by Gasteiger charge is -2.09. The molecule has 0 radical (unpaired) electrons. The normalized spacial score (nSPS) is 16.6. The number of carbonyl (C=O) groups is 2. The van der Waals surface area contributed by atoms with Crippen LogP contribution in [-0.2, 0) is 14.3 Å². The largest absolute Gasteiger partial charge is 0.376 e. The number of ketones is 1. The third-order valence-electron chi connectivity index (χ3n) is 3.07. The number of rotatable bonds is 8. The van der Waals surface area contributed by atoms with E-state index in [9.17, 15) is 9.59 Å². The van der Waals surface area contributed by atoms with E-state index in [2.05, 4.69) is 18.7 Å². The maximum Gasteiger partial charge on any atom is 0.201 e. The summed E-state index contributed by atoms with van der Waals surface area (Å²) in [5.41, 5.74) is 1.18. The van der Waals surface area contributed by atoms with Gasteiger partial charge in [-0.1, -0.05) is 71.1 Å². The van der Waals surface area contributed by atoms with Crippen LogP contribution in [0.2, 0.25) is 0 Å². The molecule has 0 saturated heterocycles. The first-order valence-corrected chi connectivity index (χ1v) is 8.26. The van der Waals surface area contributed by atoms with Gasteiger partial charge in [-0.25, -0.2) is 0 Å². The van der Waals surface area contributed by atoms with Crippen molar-refractivity contribution in [2.45, 2.75) is 47.5 Å². The molecule has 0 fully saturated rings. The summed E-state index contributed by atoms with van der Waals surface area (Å²) in [5.74, 6) is -0.370. The molecule has 0 heterocycles. The second kappa shape index (κ2) is 18.5. The van der Waals surface area contributed by atoms with Gasteiger partial charge in [-0.05, 0) is 12.8 Å². The van der Waals surface area contributed by atoms with Crippen molar-refractivity contribution in [3.63, 3.8) is 0 Å². The highest BCUT2D eigenvalue weighted by Crippen LogP contribution is 2.22. The van der Waals surface area contributed by atoms with E-state index in [1.54, 1.807) is 12.2 Å². The van der Waals surface area contributed by atoms with Gasteiger partial charge in [0, 0.05) is 11.8 Å². The van der Waals surface area contributed by atoms with E-state index in [0.717, 1.165) is 6.42 Å². The Morgan fingerprint density at radius 2 is 2.00 bits per heavy atom. The van der Waals surface area contributed by atoms with Gasteiger partial charge >= 0.3 is 0 Å². The van der Waals surface area contributed by atoms with Crippen LogP contribution in [0.25, 0.3) is 0 Å². The fourth-order valence-corrected chi connectivity index (χ4v) is 1.85. The smallest absolute Gasteiger partial charge is 0.201 e. The Balaban J connectivity index is -0.000000739. The Morgan fingerprint density at radius 1 is 1.39 bits per heavy atom. The number of allylic oxidation sites excluding steroid dienone is 2. The molecular weight excluding hydrogens is 290 g/mol. The predicted octanol–water partition coefficient (Wildman–Crippen LogP) is 4.70. The second-order valence-corrected chi connectivity index (χ2v) is 4.40. The first kappa shape index (κ1) is 26.4. The molecule has 1 unspecified atom stereocenters. The van der Waals surface area contributed by atoms with Crippen molar-refractivity contribution in [2.24, 2.45) is 11.8 Å². The first-order chi connectivity index (χ1) is 10.7. The molecule has 0 bridgehead atoms. The van der Waals surface area contributed by atoms with Crippen molar-refractivity contribution < 1.29 is 14.3 Å².